The van der Waals surface area contributed by atoms with Crippen LogP contribution in [0.2, 0.25) is 5.02 Å². The second-order valence-electron chi connectivity index (χ2n) is 17.6. The summed E-state index contributed by atoms with van der Waals surface area (Å²) in [5.41, 5.74) is -3.56. The minimum atomic E-state index is -4.14. The van der Waals surface area contributed by atoms with Crippen LogP contribution >= 0.6 is 11.6 Å². The standard InChI is InChI=1S/C41H48ClF2N5O8S/c1-38(2,3)23-56-37(53)46-29-11-9-7-5-6-8-10-24-14-17-41(24,36(52)48-58(54,55)39(4)18-19-39)47-34(50)30-21-40(22-49(30)35(29)51)16-15-26-27-20-25(42)12-13-28(27)45-31(33(43)44)32(26)57-40/h8,10,12-13,20,24,29-30,33H,5-7,9,11,15-16,18-19,21-23H2,1-4H3,(H,46,53)(H,47,50)(H,48,52)/b10-8-/t24-,29+,30+,40-,41-/m1/s1. The van der Waals surface area contributed by atoms with Crippen molar-refractivity contribution in [2.75, 3.05) is 13.2 Å². The molecule has 1 aromatic carbocycles. The van der Waals surface area contributed by atoms with E-state index in [1.54, 1.807) is 24.3 Å². The van der Waals surface area contributed by atoms with Gasteiger partial charge in [0.1, 0.15) is 23.4 Å². The van der Waals surface area contributed by atoms with Crippen molar-refractivity contribution < 1.29 is 45.9 Å². The zero-order valence-corrected chi connectivity index (χ0v) is 34.5. The molecule has 1 saturated heterocycles. The number of amides is 4. The third kappa shape index (κ3) is 8.08. The summed E-state index contributed by atoms with van der Waals surface area (Å²) < 4.78 is 68.9. The number of aromatic nitrogens is 1. The number of alkyl carbamates (subject to hydrolysis) is 1. The first-order valence-corrected chi connectivity index (χ1v) is 21.5. The van der Waals surface area contributed by atoms with E-state index in [2.05, 4.69) is 32.2 Å². The Labute approximate surface area is 341 Å². The Hall–Kier alpha value is -4.49. The number of sulfonamides is 1. The molecule has 4 amide bonds. The predicted molar refractivity (Wildman–Crippen MR) is 210 cm³/mol. The maximum absolute atomic E-state index is 14.8. The molecule has 3 N–H and O–H groups in total. The molecule has 1 spiro atoms. The van der Waals surface area contributed by atoms with Crippen molar-refractivity contribution in [2.45, 2.75) is 126 Å². The summed E-state index contributed by atoms with van der Waals surface area (Å²) in [4.78, 5) is 62.1. The number of nitrogens with one attached hydrogen (secondary N) is 3. The van der Waals surface area contributed by atoms with Gasteiger partial charge in [-0.2, -0.15) is 0 Å². The van der Waals surface area contributed by atoms with Gasteiger partial charge >= 0.3 is 6.09 Å². The SMILES string of the molecule is CC(C)(C)COC(=O)N[C@H]1CCCCC/C=C\[C@@H]2C#C[C@@]2(C(=O)NS(=O)(=O)C2(C)CC2)NC(=O)[C@@H]2C[C@]3(CCc4c(c(C(F)F)nc5ccc(Cl)cc45)O3)CN2C1=O. The molecule has 0 unspecified atom stereocenters. The van der Waals surface area contributed by atoms with Crippen molar-refractivity contribution in [3.05, 3.63) is 46.6 Å². The molecule has 3 aliphatic heterocycles. The molecule has 1 saturated carbocycles. The number of carbonyl (C=O) groups excluding carboxylic acids is 4. The summed E-state index contributed by atoms with van der Waals surface area (Å²) in [5.74, 6) is 2.07. The third-order valence-corrected chi connectivity index (χ3v) is 14.1. The van der Waals surface area contributed by atoms with Gasteiger partial charge in [-0.25, -0.2) is 31.7 Å². The molecule has 58 heavy (non-hydrogen) atoms. The molecular formula is C41H48ClF2N5O8S. The van der Waals surface area contributed by atoms with E-state index in [0.29, 0.717) is 60.0 Å². The average molecular weight is 844 g/mol. The van der Waals surface area contributed by atoms with Crippen LogP contribution in [0.1, 0.15) is 103 Å². The number of aryl methyl sites for hydroxylation is 1. The molecule has 0 bridgehead atoms. The number of ether oxygens (including phenoxy) is 2. The second-order valence-corrected chi connectivity index (χ2v) is 20.2. The van der Waals surface area contributed by atoms with Crippen LogP contribution in [0, 0.1) is 23.2 Å². The molecule has 0 radical (unpaired) electrons. The van der Waals surface area contributed by atoms with Crippen LogP contribution < -0.4 is 20.1 Å². The van der Waals surface area contributed by atoms with Gasteiger partial charge in [0.2, 0.25) is 21.8 Å². The summed E-state index contributed by atoms with van der Waals surface area (Å²) in [7, 11) is -4.14. The Bertz CT molecular complexity index is 2250. The predicted octanol–water partition coefficient (Wildman–Crippen LogP) is 5.64. The fraction of sp³-hybridized carbons (Fsp3) is 0.585. The first kappa shape index (κ1) is 41.7. The van der Waals surface area contributed by atoms with Crippen LogP contribution in [0.4, 0.5) is 13.6 Å². The summed E-state index contributed by atoms with van der Waals surface area (Å²) in [6, 6.07) is 2.24. The maximum atomic E-state index is 14.8. The van der Waals surface area contributed by atoms with Crippen LogP contribution in [-0.4, -0.2) is 83.2 Å². The molecular weight excluding hydrogens is 796 g/mol. The average Bonchev–Trinajstić information content (AvgIpc) is 3.81. The molecule has 4 heterocycles. The van der Waals surface area contributed by atoms with Crippen LogP contribution in [0.15, 0.2) is 30.4 Å². The van der Waals surface area contributed by atoms with Gasteiger partial charge < -0.3 is 25.0 Å². The van der Waals surface area contributed by atoms with Crippen molar-refractivity contribution in [1.29, 1.82) is 0 Å². The number of benzene rings is 1. The maximum Gasteiger partial charge on any atom is 0.407 e. The highest BCUT2D eigenvalue weighted by Crippen LogP contribution is 2.47. The van der Waals surface area contributed by atoms with Crippen LogP contribution in [-0.2, 0) is 35.6 Å². The second kappa shape index (κ2) is 15.3. The highest BCUT2D eigenvalue weighted by Gasteiger charge is 2.58. The van der Waals surface area contributed by atoms with Gasteiger partial charge in [0.25, 0.3) is 12.3 Å². The number of fused-ring (bicyclic) bond motifs is 5. The minimum Gasteiger partial charge on any atom is -0.483 e. The Morgan fingerprint density at radius 2 is 1.93 bits per heavy atom. The van der Waals surface area contributed by atoms with Crippen molar-refractivity contribution in [1.82, 2.24) is 25.2 Å². The Morgan fingerprint density at radius 3 is 2.60 bits per heavy atom. The largest absolute Gasteiger partial charge is 0.483 e. The topological polar surface area (TPSA) is 173 Å². The van der Waals surface area contributed by atoms with Gasteiger partial charge in [-0.3, -0.25) is 14.4 Å². The molecule has 2 fully saturated rings. The number of rotatable bonds is 6. The number of halogens is 3. The van der Waals surface area contributed by atoms with Crippen LogP contribution in [0.5, 0.6) is 5.75 Å². The van der Waals surface area contributed by atoms with Gasteiger partial charge in [0.15, 0.2) is 11.3 Å². The van der Waals surface area contributed by atoms with Crippen molar-refractivity contribution in [3.63, 3.8) is 0 Å². The van der Waals surface area contributed by atoms with E-state index in [-0.39, 0.29) is 50.0 Å². The lowest BCUT2D eigenvalue weighted by atomic mass is 9.75. The zero-order valence-electron chi connectivity index (χ0n) is 32.9. The van der Waals surface area contributed by atoms with Crippen molar-refractivity contribution >= 4 is 56.3 Å². The number of carbonyl (C=O) groups is 4. The van der Waals surface area contributed by atoms with Crippen molar-refractivity contribution in [3.8, 4) is 17.6 Å². The smallest absolute Gasteiger partial charge is 0.407 e. The zero-order chi connectivity index (χ0) is 41.8. The monoisotopic (exact) mass is 843 g/mol. The Kier molecular flexibility index (Phi) is 11.0. The van der Waals surface area contributed by atoms with Gasteiger partial charge in [-0.05, 0) is 75.5 Å². The molecule has 1 aromatic heterocycles. The summed E-state index contributed by atoms with van der Waals surface area (Å²) in [5, 5.41) is 6.34. The minimum absolute atomic E-state index is 0.0683. The van der Waals surface area contributed by atoms with E-state index in [4.69, 9.17) is 21.1 Å². The Balaban J connectivity index is 1.26. The molecule has 5 atom stereocenters. The van der Waals surface area contributed by atoms with Gasteiger partial charge in [0.05, 0.1) is 29.3 Å². The quantitative estimate of drug-likeness (QED) is 0.246. The lowest BCUT2D eigenvalue weighted by Crippen LogP contribution is -2.68. The third-order valence-electron chi connectivity index (χ3n) is 11.7. The molecule has 2 aliphatic carbocycles. The number of hydrogen-bond donors (Lipinski definition) is 3. The molecule has 7 rings (SSSR count). The fourth-order valence-electron chi connectivity index (χ4n) is 7.95. The first-order chi connectivity index (χ1) is 27.3. The molecule has 5 aliphatic rings. The van der Waals surface area contributed by atoms with Crippen LogP contribution in [0.25, 0.3) is 10.9 Å². The van der Waals surface area contributed by atoms with E-state index in [0.717, 1.165) is 0 Å². The van der Waals surface area contributed by atoms with E-state index in [1.807, 2.05) is 26.8 Å². The number of allylic oxidation sites excluding steroid dienone is 1. The highest BCUT2D eigenvalue weighted by atomic mass is 35.5. The summed E-state index contributed by atoms with van der Waals surface area (Å²) in [6.07, 6.45) is 3.25. The van der Waals surface area contributed by atoms with E-state index >= 15 is 0 Å². The number of pyridine rings is 1. The number of alkyl halides is 2. The van der Waals surface area contributed by atoms with E-state index in [1.165, 1.54) is 11.8 Å². The van der Waals surface area contributed by atoms with Gasteiger partial charge in [0, 0.05) is 22.4 Å². The molecule has 17 heteroatoms. The number of nitrogens with zero attached hydrogens (tertiary/aromatic N) is 2. The lowest BCUT2D eigenvalue weighted by molar-refractivity contribution is -0.142. The molecule has 13 nitrogen and oxygen atoms in total. The Morgan fingerprint density at radius 1 is 1.17 bits per heavy atom. The van der Waals surface area contributed by atoms with Gasteiger partial charge in [-0.1, -0.05) is 69.2 Å². The van der Waals surface area contributed by atoms with E-state index in [9.17, 15) is 36.4 Å². The van der Waals surface area contributed by atoms with Crippen molar-refractivity contribution in [2.24, 2.45) is 11.3 Å². The first-order valence-electron chi connectivity index (χ1n) is 19.7. The fourth-order valence-corrected chi connectivity index (χ4v) is 9.41. The van der Waals surface area contributed by atoms with Gasteiger partial charge in [-0.15, -0.1) is 0 Å². The van der Waals surface area contributed by atoms with Crippen LogP contribution in [0.3, 0.4) is 0 Å². The number of hydrogen-bond acceptors (Lipinski definition) is 9. The molecule has 312 valence electrons. The highest BCUT2D eigenvalue weighted by molar-refractivity contribution is 7.91. The summed E-state index contributed by atoms with van der Waals surface area (Å²) in [6.45, 7) is 7.01. The molecule has 2 aromatic rings. The normalized spacial score (nSPS) is 28.6. The van der Waals surface area contributed by atoms with E-state index < -0.39 is 79.8 Å². The lowest BCUT2D eigenvalue weighted by Gasteiger charge is -2.38. The summed E-state index contributed by atoms with van der Waals surface area (Å²) >= 11 is 6.30.